The van der Waals surface area contributed by atoms with Crippen molar-refractivity contribution < 1.29 is 4.42 Å². The lowest BCUT2D eigenvalue weighted by Crippen LogP contribution is -2.17. The second-order valence-electron chi connectivity index (χ2n) is 4.64. The zero-order valence-corrected chi connectivity index (χ0v) is 11.7. The zero-order valence-electron chi connectivity index (χ0n) is 10.9. The van der Waals surface area contributed by atoms with Crippen LogP contribution in [-0.4, -0.2) is 27.7 Å². The molecule has 19 heavy (non-hydrogen) atoms. The molecule has 1 aromatic carbocycles. The van der Waals surface area contributed by atoms with E-state index in [9.17, 15) is 0 Å². The molecule has 1 aromatic heterocycles. The summed E-state index contributed by atoms with van der Waals surface area (Å²) >= 11 is 2.00. The molecule has 1 saturated heterocycles. The molecule has 1 aliphatic rings. The predicted molar refractivity (Wildman–Crippen MR) is 78.5 cm³/mol. The minimum Gasteiger partial charge on any atom is -0.421 e. The van der Waals surface area contributed by atoms with E-state index >= 15 is 0 Å². The van der Waals surface area contributed by atoms with Crippen LogP contribution in [0.2, 0.25) is 0 Å². The van der Waals surface area contributed by atoms with Crippen LogP contribution in [0.3, 0.4) is 0 Å². The van der Waals surface area contributed by atoms with Crippen molar-refractivity contribution in [2.45, 2.75) is 25.8 Å². The van der Waals surface area contributed by atoms with E-state index in [-0.39, 0.29) is 0 Å². The van der Waals surface area contributed by atoms with Gasteiger partial charge in [-0.05, 0) is 30.4 Å². The Bertz CT molecular complexity index is 549. The molecule has 0 amide bonds. The third-order valence-electron chi connectivity index (χ3n) is 3.18. The minimum atomic E-state index is 0.578. The average Bonchev–Trinajstić information content (AvgIpc) is 3.09. The lowest BCUT2D eigenvalue weighted by Gasteiger charge is -2.13. The first-order chi connectivity index (χ1) is 9.35. The molecular weight excluding hydrogens is 258 g/mol. The fourth-order valence-corrected chi connectivity index (χ4v) is 3.29. The largest absolute Gasteiger partial charge is 0.421 e. The van der Waals surface area contributed by atoms with Crippen molar-refractivity contribution in [3.63, 3.8) is 0 Å². The molecule has 100 valence electrons. The molecule has 0 bridgehead atoms. The molecular formula is C14H17N3OS. The molecule has 4 nitrogen and oxygen atoms in total. The number of aromatic nitrogens is 2. The molecule has 2 aromatic rings. The summed E-state index contributed by atoms with van der Waals surface area (Å²) in [5.74, 6) is 3.72. The monoisotopic (exact) mass is 275 g/mol. The number of rotatable bonds is 4. The van der Waals surface area contributed by atoms with E-state index in [4.69, 9.17) is 4.42 Å². The molecule has 0 aliphatic carbocycles. The van der Waals surface area contributed by atoms with Gasteiger partial charge in [0.15, 0.2) is 0 Å². The van der Waals surface area contributed by atoms with Gasteiger partial charge in [-0.15, -0.1) is 10.2 Å². The van der Waals surface area contributed by atoms with Crippen molar-refractivity contribution in [3.8, 4) is 11.5 Å². The van der Waals surface area contributed by atoms with Crippen molar-refractivity contribution in [1.29, 1.82) is 0 Å². The standard InChI is InChI=1S/C14H17N3OS/c1-2-13-16-17-14(18-13)10-4-3-5-11(8-10)15-12-6-7-19-9-12/h3-5,8,12,15H,2,6-7,9H2,1H3/t12-/m0/s1. The fourth-order valence-electron chi connectivity index (χ4n) is 2.14. The van der Waals surface area contributed by atoms with Crippen LogP contribution in [0.15, 0.2) is 28.7 Å². The number of hydrogen-bond donors (Lipinski definition) is 1. The second-order valence-corrected chi connectivity index (χ2v) is 5.79. The maximum atomic E-state index is 5.59. The van der Waals surface area contributed by atoms with Crippen LogP contribution in [0.4, 0.5) is 5.69 Å². The summed E-state index contributed by atoms with van der Waals surface area (Å²) in [6.45, 7) is 2.01. The average molecular weight is 275 g/mol. The van der Waals surface area contributed by atoms with Crippen LogP contribution in [-0.2, 0) is 6.42 Å². The summed E-state index contributed by atoms with van der Waals surface area (Å²) in [6, 6.07) is 8.77. The van der Waals surface area contributed by atoms with Gasteiger partial charge in [-0.3, -0.25) is 0 Å². The third kappa shape index (κ3) is 2.92. The lowest BCUT2D eigenvalue weighted by atomic mass is 10.1. The van der Waals surface area contributed by atoms with Gasteiger partial charge in [-0.25, -0.2) is 0 Å². The first-order valence-corrected chi connectivity index (χ1v) is 7.77. The van der Waals surface area contributed by atoms with Gasteiger partial charge in [0, 0.05) is 29.5 Å². The highest BCUT2D eigenvalue weighted by Gasteiger charge is 2.15. The van der Waals surface area contributed by atoms with Gasteiger partial charge < -0.3 is 9.73 Å². The second kappa shape index (κ2) is 5.65. The number of thioether (sulfide) groups is 1. The molecule has 0 unspecified atom stereocenters. The number of hydrogen-bond acceptors (Lipinski definition) is 5. The topological polar surface area (TPSA) is 51.0 Å². The van der Waals surface area contributed by atoms with Crippen LogP contribution in [0.1, 0.15) is 19.2 Å². The molecule has 1 N–H and O–H groups in total. The highest BCUT2D eigenvalue weighted by atomic mass is 32.2. The molecule has 1 aliphatic heterocycles. The molecule has 1 fully saturated rings. The smallest absolute Gasteiger partial charge is 0.247 e. The van der Waals surface area contributed by atoms with E-state index in [2.05, 4.69) is 27.6 Å². The van der Waals surface area contributed by atoms with E-state index in [1.54, 1.807) is 0 Å². The van der Waals surface area contributed by atoms with Crippen molar-refractivity contribution >= 4 is 17.4 Å². The summed E-state index contributed by atoms with van der Waals surface area (Å²) in [5, 5.41) is 11.6. The quantitative estimate of drug-likeness (QED) is 0.928. The first-order valence-electron chi connectivity index (χ1n) is 6.62. The molecule has 3 rings (SSSR count). The Morgan fingerprint density at radius 3 is 3.11 bits per heavy atom. The fraction of sp³-hybridized carbons (Fsp3) is 0.429. The molecule has 1 atom stereocenters. The number of aryl methyl sites for hydroxylation is 1. The Morgan fingerprint density at radius 2 is 2.37 bits per heavy atom. The van der Waals surface area contributed by atoms with Crippen LogP contribution in [0.5, 0.6) is 0 Å². The van der Waals surface area contributed by atoms with Crippen LogP contribution in [0.25, 0.3) is 11.5 Å². The summed E-state index contributed by atoms with van der Waals surface area (Å²) < 4.78 is 5.59. The normalized spacial score (nSPS) is 18.7. The maximum absolute atomic E-state index is 5.59. The molecule has 2 heterocycles. The van der Waals surface area contributed by atoms with Gasteiger partial charge in [-0.1, -0.05) is 13.0 Å². The Hall–Kier alpha value is -1.49. The van der Waals surface area contributed by atoms with E-state index in [0.29, 0.717) is 17.8 Å². The number of benzene rings is 1. The van der Waals surface area contributed by atoms with E-state index in [1.165, 1.54) is 17.9 Å². The highest BCUT2D eigenvalue weighted by Crippen LogP contribution is 2.25. The summed E-state index contributed by atoms with van der Waals surface area (Å²) in [7, 11) is 0. The predicted octanol–water partition coefficient (Wildman–Crippen LogP) is 3.22. The van der Waals surface area contributed by atoms with Crippen molar-refractivity contribution in [2.24, 2.45) is 0 Å². The number of nitrogens with one attached hydrogen (secondary N) is 1. The van der Waals surface area contributed by atoms with Crippen LogP contribution < -0.4 is 5.32 Å². The van der Waals surface area contributed by atoms with E-state index in [0.717, 1.165) is 17.7 Å². The van der Waals surface area contributed by atoms with Crippen molar-refractivity contribution in [1.82, 2.24) is 10.2 Å². The Kier molecular flexibility index (Phi) is 3.73. The van der Waals surface area contributed by atoms with Gasteiger partial charge in [0.2, 0.25) is 11.8 Å². The van der Waals surface area contributed by atoms with Gasteiger partial charge in [-0.2, -0.15) is 11.8 Å². The van der Waals surface area contributed by atoms with Crippen LogP contribution in [0, 0.1) is 0 Å². The summed E-state index contributed by atoms with van der Waals surface area (Å²) in [6.07, 6.45) is 2.00. The molecule has 0 radical (unpaired) electrons. The maximum Gasteiger partial charge on any atom is 0.247 e. The van der Waals surface area contributed by atoms with Crippen LogP contribution >= 0.6 is 11.8 Å². The molecule has 5 heteroatoms. The Morgan fingerprint density at radius 1 is 1.42 bits per heavy atom. The Balaban J connectivity index is 1.78. The summed E-state index contributed by atoms with van der Waals surface area (Å²) in [5.41, 5.74) is 2.10. The van der Waals surface area contributed by atoms with Gasteiger partial charge in [0.05, 0.1) is 0 Å². The van der Waals surface area contributed by atoms with Crippen molar-refractivity contribution in [2.75, 3.05) is 16.8 Å². The Labute approximate surface area is 117 Å². The molecule has 0 saturated carbocycles. The van der Waals surface area contributed by atoms with Gasteiger partial charge in [0.25, 0.3) is 0 Å². The molecule has 0 spiro atoms. The highest BCUT2D eigenvalue weighted by molar-refractivity contribution is 7.99. The zero-order chi connectivity index (χ0) is 13.1. The third-order valence-corrected chi connectivity index (χ3v) is 4.34. The minimum absolute atomic E-state index is 0.578. The van der Waals surface area contributed by atoms with E-state index in [1.807, 2.05) is 30.8 Å². The number of anilines is 1. The SMILES string of the molecule is CCc1nnc(-c2cccc(N[C@H]3CCSC3)c2)o1. The van der Waals surface area contributed by atoms with Gasteiger partial charge >= 0.3 is 0 Å². The van der Waals surface area contributed by atoms with Gasteiger partial charge in [0.1, 0.15) is 0 Å². The lowest BCUT2D eigenvalue weighted by molar-refractivity contribution is 0.513. The van der Waals surface area contributed by atoms with E-state index < -0.39 is 0 Å². The number of nitrogens with zero attached hydrogens (tertiary/aromatic N) is 2. The first kappa shape index (κ1) is 12.5. The summed E-state index contributed by atoms with van der Waals surface area (Å²) in [4.78, 5) is 0. The van der Waals surface area contributed by atoms with Crippen molar-refractivity contribution in [3.05, 3.63) is 30.2 Å².